The molecule has 0 bridgehead atoms. The van der Waals surface area contributed by atoms with E-state index in [1.54, 1.807) is 0 Å². The number of aliphatic imine (C=N–C) groups is 1. The van der Waals surface area contributed by atoms with Crippen molar-refractivity contribution in [3.8, 4) is 0 Å². The van der Waals surface area contributed by atoms with Crippen LogP contribution >= 0.6 is 0 Å². The molecule has 1 aliphatic rings. The molecule has 0 radical (unpaired) electrons. The van der Waals surface area contributed by atoms with Gasteiger partial charge in [0.15, 0.2) is 0 Å². The first kappa shape index (κ1) is 19.1. The molecule has 5 nitrogen and oxygen atoms in total. The van der Waals surface area contributed by atoms with Gasteiger partial charge in [0.05, 0.1) is 11.2 Å². The van der Waals surface area contributed by atoms with Crippen LogP contribution in [0, 0.1) is 11.3 Å². The summed E-state index contributed by atoms with van der Waals surface area (Å²) in [5, 5.41) is 8.88. The summed E-state index contributed by atoms with van der Waals surface area (Å²) < 4.78 is 0. The van der Waals surface area contributed by atoms with Crippen LogP contribution in [0.2, 0.25) is 0 Å². The zero-order chi connectivity index (χ0) is 19.6. The van der Waals surface area contributed by atoms with E-state index in [2.05, 4.69) is 18.8 Å². The molecule has 1 aromatic heterocycles. The Balaban J connectivity index is 2.40. The van der Waals surface area contributed by atoms with Crippen molar-refractivity contribution in [2.24, 2.45) is 16.6 Å². The maximum Gasteiger partial charge on any atom is 0.0777 e. The lowest BCUT2D eigenvalue weighted by Gasteiger charge is -2.24. The Kier molecular flexibility index (Phi) is 5.59. The van der Waals surface area contributed by atoms with Gasteiger partial charge in [-0.15, -0.1) is 0 Å². The number of anilines is 1. The number of allylic oxidation sites excluding steroid dienone is 2. The summed E-state index contributed by atoms with van der Waals surface area (Å²) in [7, 11) is 0. The number of hydrogen-bond acceptors (Lipinski definition) is 5. The molecule has 1 heterocycles. The van der Waals surface area contributed by atoms with Crippen molar-refractivity contribution in [2.45, 2.75) is 46.5 Å². The molecule has 0 atom stereocenters. The monoisotopic (exact) mass is 363 g/mol. The van der Waals surface area contributed by atoms with Crippen LogP contribution in [0.4, 0.5) is 5.69 Å². The second-order valence-electron chi connectivity index (χ2n) is 7.38. The maximum atomic E-state index is 7.85. The molecule has 0 spiro atoms. The van der Waals surface area contributed by atoms with Crippen molar-refractivity contribution >= 4 is 34.6 Å². The highest BCUT2D eigenvalue weighted by molar-refractivity contribution is 6.12. The van der Waals surface area contributed by atoms with Crippen LogP contribution in [0.15, 0.2) is 22.8 Å². The first-order valence-corrected chi connectivity index (χ1v) is 9.73. The van der Waals surface area contributed by atoms with Gasteiger partial charge in [-0.25, -0.2) is 4.98 Å². The Hall–Kier alpha value is -2.69. The van der Waals surface area contributed by atoms with Crippen LogP contribution in [0.3, 0.4) is 0 Å². The lowest BCUT2D eigenvalue weighted by atomic mass is 9.84. The number of nitrogens with one attached hydrogen (secondary N) is 1. The van der Waals surface area contributed by atoms with Gasteiger partial charge in [-0.2, -0.15) is 0 Å². The van der Waals surface area contributed by atoms with E-state index in [1.807, 2.05) is 25.3 Å². The van der Waals surface area contributed by atoms with E-state index >= 15 is 0 Å². The number of nitrogens with two attached hydrogens (primary N) is 2. The van der Waals surface area contributed by atoms with E-state index in [4.69, 9.17) is 21.9 Å². The van der Waals surface area contributed by atoms with E-state index in [1.165, 1.54) is 17.3 Å². The highest BCUT2D eigenvalue weighted by Crippen LogP contribution is 2.36. The number of aryl methyl sites for hydroxylation is 1. The van der Waals surface area contributed by atoms with Crippen LogP contribution in [-0.2, 0) is 12.8 Å². The molecular formula is C22H29N5. The van der Waals surface area contributed by atoms with Crippen LogP contribution < -0.4 is 11.5 Å². The highest BCUT2D eigenvalue weighted by atomic mass is 14.8. The zero-order valence-electron chi connectivity index (χ0n) is 16.5. The number of benzene rings is 1. The Morgan fingerprint density at radius 3 is 2.59 bits per heavy atom. The lowest BCUT2D eigenvalue weighted by molar-refractivity contribution is 0.685. The lowest BCUT2D eigenvalue weighted by Crippen LogP contribution is -2.16. The predicted octanol–water partition coefficient (Wildman–Crippen LogP) is 4.11. The molecule has 0 saturated heterocycles. The Morgan fingerprint density at radius 1 is 1.26 bits per heavy atom. The first-order chi connectivity index (χ1) is 13.0. The molecular weight excluding hydrogens is 334 g/mol. The summed E-state index contributed by atoms with van der Waals surface area (Å²) >= 11 is 0. The number of aromatic nitrogens is 1. The van der Waals surface area contributed by atoms with Gasteiger partial charge in [-0.05, 0) is 61.8 Å². The summed E-state index contributed by atoms with van der Waals surface area (Å²) in [6.07, 6.45) is 7.45. The largest absolute Gasteiger partial charge is 0.401 e. The van der Waals surface area contributed by atoms with Gasteiger partial charge in [-0.3, -0.25) is 4.99 Å². The van der Waals surface area contributed by atoms with Crippen LogP contribution in [0.1, 0.15) is 56.0 Å². The molecule has 0 amide bonds. The predicted molar refractivity (Wildman–Crippen MR) is 116 cm³/mol. The van der Waals surface area contributed by atoms with Gasteiger partial charge >= 0.3 is 0 Å². The van der Waals surface area contributed by atoms with Gasteiger partial charge in [-0.1, -0.05) is 13.8 Å². The summed E-state index contributed by atoms with van der Waals surface area (Å²) in [5.74, 6) is 0.212. The average molecular weight is 364 g/mol. The van der Waals surface area contributed by atoms with Crippen LogP contribution in [0.25, 0.3) is 16.5 Å². The minimum Gasteiger partial charge on any atom is -0.401 e. The number of rotatable bonds is 5. The Morgan fingerprint density at radius 2 is 1.96 bits per heavy atom. The fourth-order valence-electron chi connectivity index (χ4n) is 3.81. The fraction of sp³-hybridized carbons (Fsp3) is 0.409. The SMILES string of the molecule is CCN=C/C(=C(\N)C(C)C)c1nc2ccc(N)c(C=N)c2c2c1CCCC2. The number of pyridine rings is 1. The van der Waals surface area contributed by atoms with Crippen molar-refractivity contribution in [1.29, 1.82) is 5.41 Å². The third kappa shape index (κ3) is 3.46. The van der Waals surface area contributed by atoms with E-state index in [0.717, 1.165) is 59.1 Å². The number of nitrogen functional groups attached to an aromatic ring is 1. The molecule has 0 unspecified atom stereocenters. The fourth-order valence-corrected chi connectivity index (χ4v) is 3.81. The third-order valence-corrected chi connectivity index (χ3v) is 5.28. The third-order valence-electron chi connectivity index (χ3n) is 5.28. The molecule has 2 aromatic rings. The maximum absolute atomic E-state index is 7.85. The van der Waals surface area contributed by atoms with E-state index in [0.29, 0.717) is 12.2 Å². The molecule has 5 heteroatoms. The smallest absolute Gasteiger partial charge is 0.0777 e. The number of nitrogens with zero attached hydrogens (tertiary/aromatic N) is 2. The molecule has 1 aliphatic carbocycles. The molecule has 5 N–H and O–H groups in total. The zero-order valence-corrected chi connectivity index (χ0v) is 16.5. The van der Waals surface area contributed by atoms with Gasteiger partial charge in [0.1, 0.15) is 0 Å². The standard InChI is InChI=1S/C22H29N5/c1-4-26-12-17(21(25)13(2)3)22-15-8-6-5-7-14(15)20-16(11-23)18(24)9-10-19(20)27-22/h9-13,23H,4-8,24-25H2,1-3H3/b21-17+,23-11?,26-12?. The average Bonchev–Trinajstić information content (AvgIpc) is 2.68. The van der Waals surface area contributed by atoms with E-state index in [9.17, 15) is 0 Å². The van der Waals surface area contributed by atoms with Gasteiger partial charge in [0.25, 0.3) is 0 Å². The van der Waals surface area contributed by atoms with Gasteiger partial charge in [0, 0.05) is 46.9 Å². The van der Waals surface area contributed by atoms with Crippen LogP contribution in [0.5, 0.6) is 0 Å². The summed E-state index contributed by atoms with van der Waals surface area (Å²) in [5.41, 5.74) is 20.1. The quantitative estimate of drug-likeness (QED) is 0.550. The number of fused-ring (bicyclic) bond motifs is 3. The first-order valence-electron chi connectivity index (χ1n) is 9.73. The molecule has 3 rings (SSSR count). The van der Waals surface area contributed by atoms with Gasteiger partial charge in [0.2, 0.25) is 0 Å². The molecule has 0 fully saturated rings. The van der Waals surface area contributed by atoms with Crippen molar-refractivity contribution in [3.63, 3.8) is 0 Å². The van der Waals surface area contributed by atoms with E-state index < -0.39 is 0 Å². The normalized spacial score (nSPS) is 15.3. The minimum absolute atomic E-state index is 0.212. The molecule has 0 saturated carbocycles. The van der Waals surface area contributed by atoms with Crippen molar-refractivity contribution in [1.82, 2.24) is 4.98 Å². The number of hydrogen-bond donors (Lipinski definition) is 3. The van der Waals surface area contributed by atoms with Crippen molar-refractivity contribution < 1.29 is 0 Å². The minimum atomic E-state index is 0.212. The van der Waals surface area contributed by atoms with Crippen molar-refractivity contribution in [3.05, 3.63) is 40.2 Å². The van der Waals surface area contributed by atoms with E-state index in [-0.39, 0.29) is 5.92 Å². The molecule has 0 aliphatic heterocycles. The molecule has 142 valence electrons. The Labute approximate surface area is 161 Å². The second-order valence-corrected chi connectivity index (χ2v) is 7.38. The summed E-state index contributed by atoms with van der Waals surface area (Å²) in [4.78, 5) is 9.48. The summed E-state index contributed by atoms with van der Waals surface area (Å²) in [6, 6.07) is 3.79. The van der Waals surface area contributed by atoms with Crippen molar-refractivity contribution in [2.75, 3.05) is 12.3 Å². The topological polar surface area (TPSA) is 101 Å². The van der Waals surface area contributed by atoms with Crippen LogP contribution in [-0.4, -0.2) is 24.0 Å². The highest BCUT2D eigenvalue weighted by Gasteiger charge is 2.23. The molecule has 27 heavy (non-hydrogen) atoms. The summed E-state index contributed by atoms with van der Waals surface area (Å²) in [6.45, 7) is 6.91. The Bertz CT molecular complexity index is 938. The second kappa shape index (κ2) is 7.91. The molecule has 1 aromatic carbocycles. The van der Waals surface area contributed by atoms with Gasteiger partial charge < -0.3 is 16.9 Å².